The number of hydrogen-bond donors (Lipinski definition) is 2. The average Bonchev–Trinajstić information content (AvgIpc) is 3.51. The first-order chi connectivity index (χ1) is 21.4. The Kier molecular flexibility index (Phi) is 9.39. The van der Waals surface area contributed by atoms with Gasteiger partial charge in [0.25, 0.3) is 0 Å². The van der Waals surface area contributed by atoms with Crippen LogP contribution in [-0.4, -0.2) is 104 Å². The molecule has 0 radical (unpaired) electrons. The molecule has 3 aliphatic rings. The summed E-state index contributed by atoms with van der Waals surface area (Å²) in [5.74, 6) is 0.428. The minimum atomic E-state index is -4.60. The van der Waals surface area contributed by atoms with Gasteiger partial charge in [-0.3, -0.25) is 9.69 Å². The van der Waals surface area contributed by atoms with Crippen LogP contribution in [0.15, 0.2) is 31.0 Å². The van der Waals surface area contributed by atoms with Crippen molar-refractivity contribution >= 4 is 40.8 Å². The van der Waals surface area contributed by atoms with E-state index in [0.29, 0.717) is 54.8 Å². The number of nitrogens with zero attached hydrogens (tertiary/aromatic N) is 6. The topological polar surface area (TPSA) is 115 Å². The predicted octanol–water partition coefficient (Wildman–Crippen LogP) is 4.37. The molecule has 1 aromatic carbocycles. The van der Waals surface area contributed by atoms with Crippen molar-refractivity contribution in [3.8, 4) is 5.75 Å². The Morgan fingerprint density at radius 3 is 2.58 bits per heavy atom. The third-order valence-electron chi connectivity index (χ3n) is 8.60. The number of rotatable bonds is 9. The molecule has 2 saturated heterocycles. The Morgan fingerprint density at radius 2 is 1.96 bits per heavy atom. The Labute approximate surface area is 260 Å². The van der Waals surface area contributed by atoms with Crippen LogP contribution in [0.1, 0.15) is 31.7 Å². The van der Waals surface area contributed by atoms with Crippen LogP contribution in [-0.2, 0) is 16.1 Å². The second-order valence-electron chi connectivity index (χ2n) is 11.6. The summed E-state index contributed by atoms with van der Waals surface area (Å²) in [6.45, 7) is 6.56. The lowest BCUT2D eigenvalue weighted by molar-refractivity contribution is -0.172. The molecule has 5 rings (SSSR count). The van der Waals surface area contributed by atoms with Gasteiger partial charge in [-0.15, -0.1) is 0 Å². The van der Waals surface area contributed by atoms with Crippen molar-refractivity contribution in [2.24, 2.45) is 0 Å². The number of benzene rings is 1. The molecule has 2 atom stereocenters. The number of carbonyl (C=O) groups is 2. The highest BCUT2D eigenvalue weighted by Crippen LogP contribution is 2.41. The minimum absolute atomic E-state index is 0.108. The molecular weight excluding hydrogens is 593 g/mol. The van der Waals surface area contributed by atoms with Gasteiger partial charge in [-0.25, -0.2) is 9.78 Å². The Hall–Kier alpha value is -4.11. The number of fused-ring (bicyclic) bond motifs is 1. The minimum Gasteiger partial charge on any atom is -0.494 e. The summed E-state index contributed by atoms with van der Waals surface area (Å²) in [7, 11) is 5.59. The van der Waals surface area contributed by atoms with Gasteiger partial charge in [0.1, 0.15) is 17.6 Å². The molecule has 244 valence electrons. The number of aromatic nitrogens is 2. The number of carbonyl (C=O) groups excluding carboxylic acids is 2. The fourth-order valence-corrected chi connectivity index (χ4v) is 5.89. The van der Waals surface area contributed by atoms with Gasteiger partial charge in [0.15, 0.2) is 0 Å². The third-order valence-corrected chi connectivity index (χ3v) is 8.60. The van der Waals surface area contributed by atoms with Crippen molar-refractivity contribution in [1.29, 1.82) is 0 Å². The van der Waals surface area contributed by atoms with Crippen LogP contribution in [0.4, 0.5) is 46.8 Å². The first-order valence-electron chi connectivity index (χ1n) is 14.8. The number of methoxy groups -OCH3 is 1. The zero-order valence-corrected chi connectivity index (χ0v) is 25.9. The number of hydrogen-bond acceptors (Lipinski definition) is 9. The lowest BCUT2D eigenvalue weighted by Gasteiger charge is -2.43. The number of ether oxygens (including phenoxy) is 2. The summed E-state index contributed by atoms with van der Waals surface area (Å²) in [6, 6.07) is 0.742. The van der Waals surface area contributed by atoms with Gasteiger partial charge in [0.05, 0.1) is 30.7 Å². The number of amides is 3. The van der Waals surface area contributed by atoms with E-state index < -0.39 is 24.3 Å². The molecule has 0 spiro atoms. The standard InChI is InChI=1S/C30H39F3N8O4/c1-6-26(42)35-22-13-23(25(44-5)14-24(22)39-10-7-21(17-39)38(3)4)36-28-34-15-19-16-40(18(2)30(31,32)33)29(43)41(27(19)37-28)20-8-11-45-12-9-20/h6,13-15,18,20-21H,1,7-12,16-17H2,2-5H3,(H,35,42)(H,34,36,37)/t18-,21+/m0/s1. The zero-order chi connectivity index (χ0) is 32.5. The second kappa shape index (κ2) is 13.1. The maximum atomic E-state index is 13.7. The zero-order valence-electron chi connectivity index (χ0n) is 25.9. The smallest absolute Gasteiger partial charge is 0.408 e. The van der Waals surface area contributed by atoms with Crippen molar-refractivity contribution in [3.63, 3.8) is 0 Å². The number of halogens is 3. The summed E-state index contributed by atoms with van der Waals surface area (Å²) in [5, 5.41) is 6.02. The molecule has 0 bridgehead atoms. The van der Waals surface area contributed by atoms with E-state index in [2.05, 4.69) is 37.0 Å². The molecule has 2 aromatic rings. The van der Waals surface area contributed by atoms with Gasteiger partial charge in [-0.1, -0.05) is 6.58 Å². The normalized spacial score (nSPS) is 19.9. The Morgan fingerprint density at radius 1 is 1.22 bits per heavy atom. The molecular formula is C30H39F3N8O4. The Bertz CT molecular complexity index is 1430. The second-order valence-corrected chi connectivity index (χ2v) is 11.6. The molecule has 4 heterocycles. The number of anilines is 5. The maximum absolute atomic E-state index is 13.7. The van der Waals surface area contributed by atoms with Crippen molar-refractivity contribution in [3.05, 3.63) is 36.5 Å². The largest absolute Gasteiger partial charge is 0.494 e. The first kappa shape index (κ1) is 32.3. The maximum Gasteiger partial charge on any atom is 0.408 e. The van der Waals surface area contributed by atoms with E-state index in [1.165, 1.54) is 24.3 Å². The lowest BCUT2D eigenvalue weighted by atomic mass is 10.0. The molecule has 3 aliphatic heterocycles. The Balaban J connectivity index is 1.51. The van der Waals surface area contributed by atoms with Crippen molar-refractivity contribution in [2.75, 3.05) is 67.9 Å². The summed E-state index contributed by atoms with van der Waals surface area (Å²) in [5.41, 5.74) is 2.14. The molecule has 0 saturated carbocycles. The highest BCUT2D eigenvalue weighted by atomic mass is 19.4. The molecule has 3 amide bonds. The van der Waals surface area contributed by atoms with Crippen LogP contribution in [0.5, 0.6) is 5.75 Å². The van der Waals surface area contributed by atoms with E-state index in [1.54, 1.807) is 6.07 Å². The lowest BCUT2D eigenvalue weighted by Crippen LogP contribution is -2.58. The van der Waals surface area contributed by atoms with E-state index in [0.717, 1.165) is 37.0 Å². The summed E-state index contributed by atoms with van der Waals surface area (Å²) in [6.07, 6.45) is -0.106. The van der Waals surface area contributed by atoms with Crippen molar-refractivity contribution in [2.45, 2.75) is 57.0 Å². The van der Waals surface area contributed by atoms with Crippen LogP contribution in [0.25, 0.3) is 0 Å². The monoisotopic (exact) mass is 632 g/mol. The van der Waals surface area contributed by atoms with Gasteiger partial charge >= 0.3 is 12.2 Å². The summed E-state index contributed by atoms with van der Waals surface area (Å²) in [4.78, 5) is 41.5. The number of urea groups is 1. The van der Waals surface area contributed by atoms with Crippen LogP contribution in [0, 0.1) is 0 Å². The summed E-state index contributed by atoms with van der Waals surface area (Å²) >= 11 is 0. The predicted molar refractivity (Wildman–Crippen MR) is 164 cm³/mol. The number of likely N-dealkylation sites (N-methyl/N-ethyl adjacent to an activating group) is 1. The number of nitrogens with one attached hydrogen (secondary N) is 2. The summed E-state index contributed by atoms with van der Waals surface area (Å²) < 4.78 is 52.3. The highest BCUT2D eigenvalue weighted by Gasteiger charge is 2.47. The van der Waals surface area contributed by atoms with Crippen molar-refractivity contribution < 1.29 is 32.2 Å². The van der Waals surface area contributed by atoms with Crippen LogP contribution < -0.4 is 25.2 Å². The highest BCUT2D eigenvalue weighted by molar-refractivity contribution is 6.02. The van der Waals surface area contributed by atoms with E-state index >= 15 is 0 Å². The molecule has 12 nitrogen and oxygen atoms in total. The first-order valence-corrected chi connectivity index (χ1v) is 14.8. The SMILES string of the molecule is C=CC(=O)Nc1cc(Nc2ncc3c(n2)N(C2CCOCC2)C(=O)N([C@@H](C)C(F)(F)F)C3)c(OC)cc1N1CC[C@@H](N(C)C)C1. The van der Waals surface area contributed by atoms with Gasteiger partial charge < -0.3 is 34.8 Å². The van der Waals surface area contributed by atoms with E-state index in [9.17, 15) is 22.8 Å². The van der Waals surface area contributed by atoms with E-state index in [-0.39, 0.29) is 24.2 Å². The van der Waals surface area contributed by atoms with Gasteiger partial charge in [-0.05, 0) is 52.4 Å². The van der Waals surface area contributed by atoms with E-state index in [4.69, 9.17) is 9.47 Å². The van der Waals surface area contributed by atoms with Gasteiger partial charge in [-0.2, -0.15) is 18.2 Å². The molecule has 15 heteroatoms. The molecule has 1 aromatic heterocycles. The molecule has 45 heavy (non-hydrogen) atoms. The van der Waals surface area contributed by atoms with Gasteiger partial charge in [0, 0.05) is 56.2 Å². The van der Waals surface area contributed by atoms with Gasteiger partial charge in [0.2, 0.25) is 11.9 Å². The average molecular weight is 633 g/mol. The molecule has 0 aliphatic carbocycles. The van der Waals surface area contributed by atoms with Crippen molar-refractivity contribution in [1.82, 2.24) is 19.8 Å². The third kappa shape index (κ3) is 6.78. The molecule has 2 N–H and O–H groups in total. The quantitative estimate of drug-likeness (QED) is 0.389. The van der Waals surface area contributed by atoms with Crippen LogP contribution >= 0.6 is 0 Å². The molecule has 0 unspecified atom stereocenters. The fourth-order valence-electron chi connectivity index (χ4n) is 5.89. The van der Waals surface area contributed by atoms with Crippen LogP contribution in [0.2, 0.25) is 0 Å². The number of alkyl halides is 3. The molecule has 2 fully saturated rings. The fraction of sp³-hybridized carbons (Fsp3) is 0.533. The van der Waals surface area contributed by atoms with Crippen LogP contribution in [0.3, 0.4) is 0 Å². The van der Waals surface area contributed by atoms with E-state index in [1.807, 2.05) is 20.2 Å².